The fourth-order valence-electron chi connectivity index (χ4n) is 4.32. The van der Waals surface area contributed by atoms with Crippen LogP contribution in [0.5, 0.6) is 0 Å². The van der Waals surface area contributed by atoms with Gasteiger partial charge in [-0.05, 0) is 55.7 Å². The van der Waals surface area contributed by atoms with Crippen molar-refractivity contribution in [3.8, 4) is 0 Å². The highest BCUT2D eigenvalue weighted by atomic mass is 32.2. The predicted molar refractivity (Wildman–Crippen MR) is 116 cm³/mol. The smallest absolute Gasteiger partial charge is 0.407 e. The lowest BCUT2D eigenvalue weighted by Gasteiger charge is -2.29. The molecule has 0 spiro atoms. The van der Waals surface area contributed by atoms with E-state index < -0.39 is 15.9 Å². The monoisotopic (exact) mass is 433 g/mol. The minimum atomic E-state index is -3.45. The van der Waals surface area contributed by atoms with E-state index in [1.165, 1.54) is 17.7 Å². The van der Waals surface area contributed by atoms with Gasteiger partial charge >= 0.3 is 6.09 Å². The lowest BCUT2D eigenvalue weighted by Crippen LogP contribution is -2.39. The largest absolute Gasteiger partial charge is 0.465 e. The van der Waals surface area contributed by atoms with Crippen LogP contribution in [0.25, 0.3) is 11.0 Å². The second kappa shape index (κ2) is 7.55. The third-order valence-electron chi connectivity index (χ3n) is 6.23. The first-order valence-electron chi connectivity index (χ1n) is 10.8. The van der Waals surface area contributed by atoms with Gasteiger partial charge < -0.3 is 14.6 Å². The van der Waals surface area contributed by atoms with Gasteiger partial charge in [0.1, 0.15) is 5.82 Å². The zero-order valence-corrected chi connectivity index (χ0v) is 18.8. The summed E-state index contributed by atoms with van der Waals surface area (Å²) in [4.78, 5) is 17.6. The lowest BCUT2D eigenvalue weighted by molar-refractivity contribution is 0.127. The van der Waals surface area contributed by atoms with Crippen molar-refractivity contribution in [1.29, 1.82) is 0 Å². The van der Waals surface area contributed by atoms with Gasteiger partial charge in [-0.25, -0.2) is 18.2 Å². The van der Waals surface area contributed by atoms with E-state index in [2.05, 4.69) is 25.3 Å². The van der Waals surface area contributed by atoms with E-state index in [1.807, 2.05) is 6.07 Å². The van der Waals surface area contributed by atoms with Gasteiger partial charge in [0.05, 0.1) is 21.7 Å². The van der Waals surface area contributed by atoms with Gasteiger partial charge in [0.15, 0.2) is 9.84 Å². The molecule has 2 aromatic rings. The fourth-order valence-corrected chi connectivity index (χ4v) is 6.03. The quantitative estimate of drug-likeness (QED) is 0.772. The number of carboxylic acid groups (broad SMARTS) is 1. The minimum Gasteiger partial charge on any atom is -0.465 e. The Morgan fingerprint density at radius 3 is 2.37 bits per heavy atom. The molecule has 2 aliphatic rings. The predicted octanol–water partition coefficient (Wildman–Crippen LogP) is 3.91. The Hall–Kier alpha value is -2.09. The first-order chi connectivity index (χ1) is 14.0. The van der Waals surface area contributed by atoms with E-state index in [4.69, 9.17) is 10.1 Å². The van der Waals surface area contributed by atoms with Gasteiger partial charge in [-0.2, -0.15) is 0 Å². The standard InChI is InChI=1S/C22H31N3O4S/c1-22(2,3)20-23-18-12-17(6-7-19(18)25(20)13-15-4-5-15)30(28,29)14-16-8-10-24(11-9-16)21(26)27/h6-7,12,15-16H,4-5,8-11,13-14H2,1-3H3,(H,26,27). The molecule has 1 aromatic heterocycles. The summed E-state index contributed by atoms with van der Waals surface area (Å²) >= 11 is 0. The molecule has 1 aliphatic carbocycles. The van der Waals surface area contributed by atoms with Gasteiger partial charge in [0.2, 0.25) is 0 Å². The number of fused-ring (bicyclic) bond motifs is 1. The van der Waals surface area contributed by atoms with Gasteiger partial charge in [-0.15, -0.1) is 0 Å². The van der Waals surface area contributed by atoms with Crippen LogP contribution in [-0.2, 0) is 21.8 Å². The number of hydrogen-bond acceptors (Lipinski definition) is 4. The van der Waals surface area contributed by atoms with Crippen LogP contribution in [-0.4, -0.2) is 52.9 Å². The number of rotatable bonds is 5. The molecule has 30 heavy (non-hydrogen) atoms. The molecule has 1 aromatic carbocycles. The van der Waals surface area contributed by atoms with Crippen LogP contribution in [0.2, 0.25) is 0 Å². The van der Waals surface area contributed by atoms with Crippen molar-refractivity contribution < 1.29 is 18.3 Å². The van der Waals surface area contributed by atoms with E-state index in [1.54, 1.807) is 12.1 Å². The van der Waals surface area contributed by atoms with Crippen LogP contribution in [0.1, 0.15) is 52.3 Å². The van der Waals surface area contributed by atoms with Crippen LogP contribution in [0.15, 0.2) is 23.1 Å². The van der Waals surface area contributed by atoms with Crippen LogP contribution in [0, 0.1) is 11.8 Å². The molecule has 2 fully saturated rings. The van der Waals surface area contributed by atoms with Gasteiger partial charge in [0.25, 0.3) is 0 Å². The maximum atomic E-state index is 13.1. The molecular formula is C22H31N3O4S. The molecule has 4 rings (SSSR count). The summed E-state index contributed by atoms with van der Waals surface area (Å²) in [5.41, 5.74) is 1.62. The topological polar surface area (TPSA) is 92.5 Å². The number of nitrogens with zero attached hydrogens (tertiary/aromatic N) is 3. The summed E-state index contributed by atoms with van der Waals surface area (Å²) in [5.74, 6) is 1.74. The molecule has 7 nitrogen and oxygen atoms in total. The number of hydrogen-bond donors (Lipinski definition) is 1. The number of sulfone groups is 1. The van der Waals surface area contributed by atoms with E-state index >= 15 is 0 Å². The zero-order valence-electron chi connectivity index (χ0n) is 18.0. The van der Waals surface area contributed by atoms with Crippen molar-refractivity contribution in [2.24, 2.45) is 11.8 Å². The molecular weight excluding hydrogens is 402 g/mol. The first-order valence-corrected chi connectivity index (χ1v) is 12.4. The Balaban J connectivity index is 1.59. The number of likely N-dealkylation sites (tertiary alicyclic amines) is 1. The van der Waals surface area contributed by atoms with E-state index in [0.29, 0.717) is 36.7 Å². The number of piperidine rings is 1. The van der Waals surface area contributed by atoms with Gasteiger partial charge in [-0.3, -0.25) is 0 Å². The maximum absolute atomic E-state index is 13.1. The SMILES string of the molecule is CC(C)(C)c1nc2cc(S(=O)(=O)CC3CCN(C(=O)O)CC3)ccc2n1CC1CC1. The highest BCUT2D eigenvalue weighted by Gasteiger charge is 2.30. The van der Waals surface area contributed by atoms with E-state index in [0.717, 1.165) is 23.4 Å². The third kappa shape index (κ3) is 4.33. The summed E-state index contributed by atoms with van der Waals surface area (Å²) in [5, 5.41) is 9.07. The maximum Gasteiger partial charge on any atom is 0.407 e. The molecule has 0 bridgehead atoms. The molecule has 2 heterocycles. The Kier molecular flexibility index (Phi) is 5.33. The van der Waals surface area contributed by atoms with E-state index in [9.17, 15) is 13.2 Å². The molecule has 1 aliphatic heterocycles. The Bertz CT molecular complexity index is 1060. The molecule has 1 saturated heterocycles. The average molecular weight is 434 g/mol. The van der Waals surface area contributed by atoms with Crippen LogP contribution in [0.3, 0.4) is 0 Å². The normalized spacial score (nSPS) is 18.8. The Morgan fingerprint density at radius 2 is 1.80 bits per heavy atom. The van der Waals surface area contributed by atoms with Crippen molar-refractivity contribution in [2.75, 3.05) is 18.8 Å². The molecule has 0 radical (unpaired) electrons. The summed E-state index contributed by atoms with van der Waals surface area (Å²) in [7, 11) is -3.45. The number of amides is 1. The highest BCUT2D eigenvalue weighted by molar-refractivity contribution is 7.91. The minimum absolute atomic E-state index is 0.0149. The van der Waals surface area contributed by atoms with Gasteiger partial charge in [-0.1, -0.05) is 20.8 Å². The second-order valence-electron chi connectivity index (χ2n) is 9.88. The van der Waals surface area contributed by atoms with Gasteiger partial charge in [0, 0.05) is 25.0 Å². The highest BCUT2D eigenvalue weighted by Crippen LogP contribution is 2.35. The number of aromatic nitrogens is 2. The molecule has 1 N–H and O–H groups in total. The van der Waals surface area contributed by atoms with Crippen molar-refractivity contribution in [2.45, 2.75) is 63.3 Å². The third-order valence-corrected chi connectivity index (χ3v) is 8.11. The second-order valence-corrected chi connectivity index (χ2v) is 11.9. The fraction of sp³-hybridized carbons (Fsp3) is 0.636. The van der Waals surface area contributed by atoms with Crippen LogP contribution >= 0.6 is 0 Å². The Labute approximate surface area is 178 Å². The molecule has 1 amide bonds. The average Bonchev–Trinajstić information content (AvgIpc) is 3.40. The first kappa shape index (κ1) is 21.2. The van der Waals surface area contributed by atoms with Crippen LogP contribution in [0.4, 0.5) is 4.79 Å². The summed E-state index contributed by atoms with van der Waals surface area (Å²) in [6.07, 6.45) is 2.72. The number of imidazole rings is 1. The summed E-state index contributed by atoms with van der Waals surface area (Å²) < 4.78 is 28.4. The van der Waals surface area contributed by atoms with Crippen molar-refractivity contribution in [3.63, 3.8) is 0 Å². The zero-order chi connectivity index (χ0) is 21.7. The Morgan fingerprint density at radius 1 is 1.13 bits per heavy atom. The molecule has 8 heteroatoms. The van der Waals surface area contributed by atoms with Crippen molar-refractivity contribution >= 4 is 27.0 Å². The van der Waals surface area contributed by atoms with Crippen molar-refractivity contribution in [1.82, 2.24) is 14.5 Å². The molecule has 1 saturated carbocycles. The molecule has 164 valence electrons. The van der Waals surface area contributed by atoms with Crippen LogP contribution < -0.4 is 0 Å². The molecule has 0 unspecified atom stereocenters. The van der Waals surface area contributed by atoms with Crippen molar-refractivity contribution in [3.05, 3.63) is 24.0 Å². The number of carbonyl (C=O) groups is 1. The summed E-state index contributed by atoms with van der Waals surface area (Å²) in [6.45, 7) is 8.15. The summed E-state index contributed by atoms with van der Waals surface area (Å²) in [6, 6.07) is 5.33. The molecule has 0 atom stereocenters. The lowest BCUT2D eigenvalue weighted by atomic mass is 9.95. The number of benzene rings is 1. The van der Waals surface area contributed by atoms with E-state index in [-0.39, 0.29) is 17.1 Å².